The highest BCUT2D eigenvalue weighted by molar-refractivity contribution is 7.71. The quantitative estimate of drug-likeness (QED) is 0.665. The summed E-state index contributed by atoms with van der Waals surface area (Å²) in [5.41, 5.74) is 3.40. The fourth-order valence-electron chi connectivity index (χ4n) is 3.90. The summed E-state index contributed by atoms with van der Waals surface area (Å²) in [4.78, 5) is 27.3. The summed E-state index contributed by atoms with van der Waals surface area (Å²) in [6, 6.07) is 6.16. The van der Waals surface area contributed by atoms with Gasteiger partial charge in [0.15, 0.2) is 5.65 Å². The number of benzene rings is 1. The van der Waals surface area contributed by atoms with Crippen LogP contribution in [-0.4, -0.2) is 32.6 Å². The number of H-pyrrole nitrogens is 1. The highest BCUT2D eigenvalue weighted by atomic mass is 32.1. The first-order valence-corrected chi connectivity index (χ1v) is 10.1. The molecule has 6 nitrogen and oxygen atoms in total. The molecule has 1 N–H and O–H groups in total. The molecule has 0 saturated carbocycles. The van der Waals surface area contributed by atoms with Crippen LogP contribution in [0.3, 0.4) is 0 Å². The van der Waals surface area contributed by atoms with Gasteiger partial charge >= 0.3 is 0 Å². The van der Waals surface area contributed by atoms with E-state index in [0.717, 1.165) is 43.0 Å². The molecule has 0 spiro atoms. The molecule has 0 unspecified atom stereocenters. The SMILES string of the molecule is Cc1ccc(-n2c(C)nc3nc(N4CCC(C)CC4)[nH]c(=O)c3c2=S)c(C)c1. The molecule has 0 atom stereocenters. The predicted molar refractivity (Wildman–Crippen MR) is 115 cm³/mol. The van der Waals surface area contributed by atoms with Gasteiger partial charge in [-0.3, -0.25) is 14.3 Å². The van der Waals surface area contributed by atoms with E-state index in [1.54, 1.807) is 0 Å². The number of hydrogen-bond donors (Lipinski definition) is 1. The number of aromatic amines is 1. The number of anilines is 1. The van der Waals surface area contributed by atoms with Crippen LogP contribution in [0, 0.1) is 31.3 Å². The summed E-state index contributed by atoms with van der Waals surface area (Å²) >= 11 is 5.71. The van der Waals surface area contributed by atoms with Gasteiger partial charge in [0.05, 0.1) is 5.69 Å². The van der Waals surface area contributed by atoms with Gasteiger partial charge in [-0.1, -0.05) is 36.8 Å². The van der Waals surface area contributed by atoms with Crippen LogP contribution >= 0.6 is 12.2 Å². The Bertz CT molecular complexity index is 1170. The normalized spacial score (nSPS) is 15.4. The molecule has 28 heavy (non-hydrogen) atoms. The molecule has 0 radical (unpaired) electrons. The summed E-state index contributed by atoms with van der Waals surface area (Å²) < 4.78 is 2.31. The smallest absolute Gasteiger partial charge is 0.264 e. The molecule has 1 aliphatic heterocycles. The topological polar surface area (TPSA) is 66.8 Å². The third-order valence-electron chi connectivity index (χ3n) is 5.57. The Morgan fingerprint density at radius 3 is 2.54 bits per heavy atom. The monoisotopic (exact) mass is 395 g/mol. The molecule has 146 valence electrons. The van der Waals surface area contributed by atoms with E-state index in [2.05, 4.69) is 39.8 Å². The van der Waals surface area contributed by atoms with E-state index in [1.807, 2.05) is 30.5 Å². The minimum atomic E-state index is -0.227. The maximum Gasteiger partial charge on any atom is 0.264 e. The van der Waals surface area contributed by atoms with Crippen LogP contribution in [0.5, 0.6) is 0 Å². The lowest BCUT2D eigenvalue weighted by molar-refractivity contribution is 0.434. The summed E-state index contributed by atoms with van der Waals surface area (Å²) in [6.07, 6.45) is 2.20. The molecule has 0 aliphatic carbocycles. The number of nitrogens with zero attached hydrogens (tertiary/aromatic N) is 4. The molecule has 0 amide bonds. The fraction of sp³-hybridized carbons (Fsp3) is 0.429. The van der Waals surface area contributed by atoms with E-state index in [1.165, 1.54) is 5.56 Å². The van der Waals surface area contributed by atoms with Gasteiger partial charge in [0.25, 0.3) is 5.56 Å². The lowest BCUT2D eigenvalue weighted by atomic mass is 10.00. The minimum Gasteiger partial charge on any atom is -0.342 e. The largest absolute Gasteiger partial charge is 0.342 e. The van der Waals surface area contributed by atoms with Crippen molar-refractivity contribution in [3.63, 3.8) is 0 Å². The van der Waals surface area contributed by atoms with Gasteiger partial charge in [-0.15, -0.1) is 0 Å². The zero-order valence-electron chi connectivity index (χ0n) is 16.7. The zero-order valence-corrected chi connectivity index (χ0v) is 17.6. The lowest BCUT2D eigenvalue weighted by Gasteiger charge is -2.30. The molecule has 1 fully saturated rings. The van der Waals surface area contributed by atoms with Gasteiger partial charge in [0.2, 0.25) is 5.95 Å². The van der Waals surface area contributed by atoms with E-state index in [-0.39, 0.29) is 5.56 Å². The van der Waals surface area contributed by atoms with E-state index >= 15 is 0 Å². The Morgan fingerprint density at radius 1 is 1.14 bits per heavy atom. The number of hydrogen-bond acceptors (Lipinski definition) is 5. The van der Waals surface area contributed by atoms with Crippen molar-refractivity contribution in [2.45, 2.75) is 40.5 Å². The summed E-state index contributed by atoms with van der Waals surface area (Å²) in [5.74, 6) is 2.02. The molecule has 3 heterocycles. The minimum absolute atomic E-state index is 0.227. The van der Waals surface area contributed by atoms with Gasteiger partial charge in [0.1, 0.15) is 15.9 Å². The average molecular weight is 396 g/mol. The van der Waals surface area contributed by atoms with Crippen molar-refractivity contribution < 1.29 is 0 Å². The predicted octanol–water partition coefficient (Wildman–Crippen LogP) is 4.00. The van der Waals surface area contributed by atoms with Crippen molar-refractivity contribution in [1.29, 1.82) is 0 Å². The Morgan fingerprint density at radius 2 is 1.86 bits per heavy atom. The number of aryl methyl sites for hydroxylation is 3. The standard InChI is InChI=1S/C21H25N5OS/c1-12-7-9-25(10-8-12)21-23-18-17(19(27)24-21)20(28)26(15(4)22-18)16-6-5-13(2)11-14(16)3/h5-6,11-12H,7-10H2,1-4H3,(H,23,24,27). The van der Waals surface area contributed by atoms with Crippen molar-refractivity contribution in [3.05, 3.63) is 50.1 Å². The number of aromatic nitrogens is 4. The zero-order chi connectivity index (χ0) is 20.0. The molecular formula is C21H25N5OS. The molecule has 4 rings (SSSR count). The molecule has 1 aliphatic rings. The molecule has 7 heteroatoms. The van der Waals surface area contributed by atoms with Crippen molar-refractivity contribution in [2.75, 3.05) is 18.0 Å². The maximum absolute atomic E-state index is 12.9. The molecule has 2 aromatic heterocycles. The van der Waals surface area contributed by atoms with E-state index in [0.29, 0.717) is 27.5 Å². The molecule has 3 aromatic rings. The van der Waals surface area contributed by atoms with Crippen LogP contribution < -0.4 is 10.5 Å². The number of nitrogens with one attached hydrogen (secondary N) is 1. The second-order valence-electron chi connectivity index (χ2n) is 7.85. The van der Waals surface area contributed by atoms with E-state index in [4.69, 9.17) is 12.2 Å². The van der Waals surface area contributed by atoms with Gasteiger partial charge in [-0.2, -0.15) is 4.98 Å². The second kappa shape index (κ2) is 7.13. The summed E-state index contributed by atoms with van der Waals surface area (Å²) in [6.45, 7) is 10.0. The Hall–Kier alpha value is -2.54. The first kappa shape index (κ1) is 18.8. The third-order valence-corrected chi connectivity index (χ3v) is 5.96. The van der Waals surface area contributed by atoms with Gasteiger partial charge < -0.3 is 4.90 Å². The number of piperidine rings is 1. The fourth-order valence-corrected chi connectivity index (χ4v) is 4.31. The van der Waals surface area contributed by atoms with Gasteiger partial charge in [-0.05, 0) is 51.2 Å². The lowest BCUT2D eigenvalue weighted by Crippen LogP contribution is -2.35. The Labute approximate surface area is 169 Å². The number of fused-ring (bicyclic) bond motifs is 1. The van der Waals surface area contributed by atoms with Crippen LogP contribution in [-0.2, 0) is 0 Å². The third kappa shape index (κ3) is 3.24. The highest BCUT2D eigenvalue weighted by Crippen LogP contribution is 2.23. The van der Waals surface area contributed by atoms with Crippen molar-refractivity contribution in [1.82, 2.24) is 19.5 Å². The molecule has 1 aromatic carbocycles. The average Bonchev–Trinajstić information content (AvgIpc) is 2.63. The molecule has 1 saturated heterocycles. The summed E-state index contributed by atoms with van der Waals surface area (Å²) in [7, 11) is 0. The van der Waals surface area contributed by atoms with Crippen LogP contribution in [0.4, 0.5) is 5.95 Å². The Kier molecular flexibility index (Phi) is 4.79. The van der Waals surface area contributed by atoms with Gasteiger partial charge in [-0.25, -0.2) is 4.98 Å². The molecular weight excluding hydrogens is 370 g/mol. The maximum atomic E-state index is 12.9. The van der Waals surface area contributed by atoms with Gasteiger partial charge in [0, 0.05) is 13.1 Å². The molecule has 0 bridgehead atoms. The summed E-state index contributed by atoms with van der Waals surface area (Å²) in [5, 5.41) is 0.370. The Balaban J connectivity index is 1.88. The van der Waals surface area contributed by atoms with E-state index < -0.39 is 0 Å². The first-order valence-electron chi connectivity index (χ1n) is 9.71. The van der Waals surface area contributed by atoms with Crippen LogP contribution in [0.2, 0.25) is 0 Å². The van der Waals surface area contributed by atoms with Crippen LogP contribution in [0.1, 0.15) is 36.7 Å². The van der Waals surface area contributed by atoms with Crippen molar-refractivity contribution >= 4 is 29.2 Å². The first-order chi connectivity index (χ1) is 13.3. The van der Waals surface area contributed by atoms with Crippen LogP contribution in [0.25, 0.3) is 16.7 Å². The van der Waals surface area contributed by atoms with Crippen molar-refractivity contribution in [3.8, 4) is 5.69 Å². The number of rotatable bonds is 2. The second-order valence-corrected chi connectivity index (χ2v) is 8.23. The van der Waals surface area contributed by atoms with E-state index in [9.17, 15) is 4.79 Å². The van der Waals surface area contributed by atoms with Crippen LogP contribution in [0.15, 0.2) is 23.0 Å². The van der Waals surface area contributed by atoms with Crippen molar-refractivity contribution in [2.24, 2.45) is 5.92 Å². The highest BCUT2D eigenvalue weighted by Gasteiger charge is 2.20.